The van der Waals surface area contributed by atoms with Gasteiger partial charge in [-0.05, 0) is 0 Å². The Kier molecular flexibility index (Phi) is 6.76. The molecule has 4 nitrogen and oxygen atoms in total. The standard InChI is InChI=1S/C24H23O4PSe/c1-2-26-29(25)18-17-23(30-22-11-7-4-8-12-22)24(28-29)19-13-15-21(16-14-19)27-20-9-5-3-6-10-20/h3-16H,2,17-18H2,1H3. The first-order valence-corrected chi connectivity index (χ1v) is 13.3. The number of ether oxygens (including phenoxy) is 1. The van der Waals surface area contributed by atoms with Gasteiger partial charge < -0.3 is 0 Å². The number of para-hydroxylation sites is 1. The van der Waals surface area contributed by atoms with Gasteiger partial charge in [-0.15, -0.1) is 0 Å². The molecule has 0 aliphatic carbocycles. The molecule has 3 aromatic rings. The fourth-order valence-corrected chi connectivity index (χ4v) is 7.42. The van der Waals surface area contributed by atoms with Crippen LogP contribution in [-0.2, 0) is 13.6 Å². The average molecular weight is 485 g/mol. The predicted molar refractivity (Wildman–Crippen MR) is 122 cm³/mol. The fourth-order valence-electron chi connectivity index (χ4n) is 3.12. The van der Waals surface area contributed by atoms with Crippen molar-refractivity contribution in [3.05, 3.63) is 95.0 Å². The average Bonchev–Trinajstić information content (AvgIpc) is 2.77. The Morgan fingerprint density at radius 1 is 0.900 bits per heavy atom. The third kappa shape index (κ3) is 5.24. The van der Waals surface area contributed by atoms with Gasteiger partial charge in [0.25, 0.3) is 0 Å². The first-order chi connectivity index (χ1) is 14.6. The van der Waals surface area contributed by atoms with Gasteiger partial charge in [-0.1, -0.05) is 0 Å². The number of allylic oxidation sites excluding steroid dienone is 1. The maximum atomic E-state index is 13.0. The summed E-state index contributed by atoms with van der Waals surface area (Å²) < 4.78 is 32.9. The number of benzene rings is 3. The summed E-state index contributed by atoms with van der Waals surface area (Å²) in [7, 11) is -3.12. The molecule has 30 heavy (non-hydrogen) atoms. The molecule has 0 spiro atoms. The summed E-state index contributed by atoms with van der Waals surface area (Å²) in [5.74, 6) is 2.21. The summed E-state index contributed by atoms with van der Waals surface area (Å²) in [6.07, 6.45) is 1.13. The van der Waals surface area contributed by atoms with Gasteiger partial charge in [0, 0.05) is 0 Å². The minimum atomic E-state index is -3.12. The molecule has 3 aromatic carbocycles. The monoisotopic (exact) mass is 486 g/mol. The second kappa shape index (κ2) is 9.68. The number of hydrogen-bond donors (Lipinski definition) is 0. The second-order valence-electron chi connectivity index (χ2n) is 6.70. The van der Waals surface area contributed by atoms with Crippen molar-refractivity contribution in [3.8, 4) is 11.5 Å². The zero-order chi connectivity index (χ0) is 20.8. The van der Waals surface area contributed by atoms with Crippen molar-refractivity contribution >= 4 is 32.8 Å². The molecule has 154 valence electrons. The van der Waals surface area contributed by atoms with Gasteiger partial charge in [0.05, 0.1) is 0 Å². The van der Waals surface area contributed by atoms with E-state index in [0.717, 1.165) is 17.1 Å². The van der Waals surface area contributed by atoms with Crippen molar-refractivity contribution in [3.63, 3.8) is 0 Å². The SMILES string of the molecule is CCOP1(=O)CCC([Se]c2ccccc2)=C(c2ccc(Oc3ccccc3)cc2)O1. The maximum absolute atomic E-state index is 13.0. The van der Waals surface area contributed by atoms with Gasteiger partial charge in [0.1, 0.15) is 0 Å². The van der Waals surface area contributed by atoms with Crippen LogP contribution in [0.4, 0.5) is 0 Å². The van der Waals surface area contributed by atoms with Crippen LogP contribution in [0, 0.1) is 0 Å². The van der Waals surface area contributed by atoms with Crippen LogP contribution in [-0.4, -0.2) is 27.7 Å². The molecule has 0 aromatic heterocycles. The van der Waals surface area contributed by atoms with E-state index in [2.05, 4.69) is 12.1 Å². The van der Waals surface area contributed by atoms with Crippen LogP contribution in [0.15, 0.2) is 89.4 Å². The van der Waals surface area contributed by atoms with Crippen LogP contribution in [0.25, 0.3) is 5.76 Å². The summed E-state index contributed by atoms with van der Waals surface area (Å²) in [5, 5.41) is 0. The number of hydrogen-bond acceptors (Lipinski definition) is 4. The molecule has 1 heterocycles. The van der Waals surface area contributed by atoms with Gasteiger partial charge in [-0.25, -0.2) is 0 Å². The molecular weight excluding hydrogens is 462 g/mol. The Morgan fingerprint density at radius 2 is 1.53 bits per heavy atom. The van der Waals surface area contributed by atoms with Gasteiger partial charge in [0.2, 0.25) is 0 Å². The van der Waals surface area contributed by atoms with E-state index in [4.69, 9.17) is 13.8 Å². The van der Waals surface area contributed by atoms with Crippen molar-refractivity contribution in [2.45, 2.75) is 13.3 Å². The Morgan fingerprint density at radius 3 is 2.20 bits per heavy atom. The molecule has 6 heteroatoms. The Labute approximate surface area is 183 Å². The van der Waals surface area contributed by atoms with E-state index >= 15 is 0 Å². The quantitative estimate of drug-likeness (QED) is 0.312. The van der Waals surface area contributed by atoms with Crippen molar-refractivity contribution in [1.82, 2.24) is 0 Å². The van der Waals surface area contributed by atoms with Crippen LogP contribution >= 0.6 is 7.60 Å². The van der Waals surface area contributed by atoms with Gasteiger partial charge in [0.15, 0.2) is 0 Å². The summed E-state index contributed by atoms with van der Waals surface area (Å²) in [6.45, 7) is 2.21. The first kappa shape index (κ1) is 21.0. The molecule has 0 saturated heterocycles. The number of rotatable bonds is 7. The van der Waals surface area contributed by atoms with Crippen LogP contribution < -0.4 is 9.20 Å². The summed E-state index contributed by atoms with van der Waals surface area (Å²) in [6, 6.07) is 27.7. The van der Waals surface area contributed by atoms with Gasteiger partial charge >= 0.3 is 184 Å². The van der Waals surface area contributed by atoms with E-state index in [1.54, 1.807) is 0 Å². The van der Waals surface area contributed by atoms with Crippen LogP contribution in [0.2, 0.25) is 0 Å². The molecule has 1 aliphatic heterocycles. The Balaban J connectivity index is 1.62. The summed E-state index contributed by atoms with van der Waals surface area (Å²) in [5.41, 5.74) is 0.892. The Hall–Kier alpha value is -2.29. The van der Waals surface area contributed by atoms with E-state index < -0.39 is 7.60 Å². The molecule has 4 rings (SSSR count). The van der Waals surface area contributed by atoms with E-state index in [1.165, 1.54) is 8.93 Å². The van der Waals surface area contributed by atoms with E-state index in [-0.39, 0.29) is 15.0 Å². The van der Waals surface area contributed by atoms with E-state index in [1.807, 2.05) is 79.7 Å². The zero-order valence-corrected chi connectivity index (χ0v) is 19.3. The third-order valence-corrected chi connectivity index (χ3v) is 8.79. The topological polar surface area (TPSA) is 44.8 Å². The summed E-state index contributed by atoms with van der Waals surface area (Å²) in [4.78, 5) is 0. The zero-order valence-electron chi connectivity index (χ0n) is 16.7. The molecule has 1 aliphatic rings. The van der Waals surface area contributed by atoms with Gasteiger partial charge in [-0.3, -0.25) is 0 Å². The summed E-state index contributed by atoms with van der Waals surface area (Å²) >= 11 is 0.0905. The molecule has 0 saturated carbocycles. The molecule has 0 fully saturated rings. The molecular formula is C24H23O4PSe. The van der Waals surface area contributed by atoms with Crippen molar-refractivity contribution in [1.29, 1.82) is 0 Å². The van der Waals surface area contributed by atoms with Crippen molar-refractivity contribution in [2.24, 2.45) is 0 Å². The van der Waals surface area contributed by atoms with E-state index in [0.29, 0.717) is 24.9 Å². The minimum absolute atomic E-state index is 0.0905. The fraction of sp³-hybridized carbons (Fsp3) is 0.167. The van der Waals surface area contributed by atoms with Gasteiger partial charge in [-0.2, -0.15) is 0 Å². The first-order valence-electron chi connectivity index (χ1n) is 9.88. The molecule has 0 bridgehead atoms. The van der Waals surface area contributed by atoms with Crippen LogP contribution in [0.3, 0.4) is 0 Å². The van der Waals surface area contributed by atoms with Crippen LogP contribution in [0.1, 0.15) is 18.9 Å². The molecule has 0 N–H and O–H groups in total. The Bertz CT molecular complexity index is 1050. The second-order valence-corrected chi connectivity index (χ2v) is 11.3. The van der Waals surface area contributed by atoms with E-state index in [9.17, 15) is 4.57 Å². The third-order valence-electron chi connectivity index (χ3n) is 4.50. The molecule has 0 radical (unpaired) electrons. The molecule has 0 amide bonds. The predicted octanol–water partition coefficient (Wildman–Crippen LogP) is 5.83. The van der Waals surface area contributed by atoms with Crippen LogP contribution in [0.5, 0.6) is 11.5 Å². The normalized spacial score (nSPS) is 18.7. The molecule has 1 atom stereocenters. The van der Waals surface area contributed by atoms with Crippen molar-refractivity contribution in [2.75, 3.05) is 12.8 Å². The molecule has 1 unspecified atom stereocenters. The van der Waals surface area contributed by atoms with Crippen molar-refractivity contribution < 1.29 is 18.3 Å².